The lowest BCUT2D eigenvalue weighted by Gasteiger charge is -2.06. The van der Waals surface area contributed by atoms with Crippen molar-refractivity contribution in [2.45, 2.75) is 27.2 Å². The molecule has 0 aliphatic carbocycles. The molecule has 116 valence electrons. The lowest BCUT2D eigenvalue weighted by Crippen LogP contribution is -2.20. The Morgan fingerprint density at radius 3 is 2.45 bits per heavy atom. The normalized spacial score (nSPS) is 10.3. The van der Waals surface area contributed by atoms with Crippen molar-refractivity contribution in [2.24, 2.45) is 0 Å². The highest BCUT2D eigenvalue weighted by atomic mass is 32.1. The van der Waals surface area contributed by atoms with Crippen LogP contribution in [0.4, 0.5) is 5.13 Å². The summed E-state index contributed by atoms with van der Waals surface area (Å²) in [7, 11) is 0. The van der Waals surface area contributed by atoms with Crippen LogP contribution < -0.4 is 10.1 Å². The number of hydrogen-bond donors (Lipinski definition) is 1. The second-order valence-corrected chi connectivity index (χ2v) is 6.00. The zero-order valence-corrected chi connectivity index (χ0v) is 13.6. The average molecular weight is 318 g/mol. The van der Waals surface area contributed by atoms with E-state index in [1.165, 1.54) is 11.3 Å². The fourth-order valence-corrected chi connectivity index (χ4v) is 2.60. The summed E-state index contributed by atoms with van der Waals surface area (Å²) in [4.78, 5) is 28.6. The molecular formula is C16H18N2O3S. The zero-order valence-electron chi connectivity index (χ0n) is 12.8. The summed E-state index contributed by atoms with van der Waals surface area (Å²) in [5, 5.41) is 3.28. The maximum absolute atomic E-state index is 11.8. The molecule has 1 aromatic carbocycles. The monoisotopic (exact) mass is 318 g/mol. The van der Waals surface area contributed by atoms with Crippen LogP contribution in [0.3, 0.4) is 0 Å². The third-order valence-electron chi connectivity index (χ3n) is 3.14. The van der Waals surface area contributed by atoms with Gasteiger partial charge in [0.25, 0.3) is 5.91 Å². The van der Waals surface area contributed by atoms with E-state index in [0.717, 1.165) is 10.6 Å². The van der Waals surface area contributed by atoms with Gasteiger partial charge in [0, 0.05) is 16.9 Å². The topological polar surface area (TPSA) is 68.3 Å². The third-order valence-corrected chi connectivity index (χ3v) is 4.13. The molecule has 0 aliphatic rings. The number of ether oxygens (including phenoxy) is 1. The molecule has 2 aromatic rings. The first-order valence-corrected chi connectivity index (χ1v) is 7.81. The first-order valence-electron chi connectivity index (χ1n) is 6.99. The SMILES string of the molecule is CCC(=O)c1ccc(OCC(=O)Nc2nc(C)c(C)s2)cc1. The number of carbonyl (C=O) groups is 2. The fourth-order valence-electron chi connectivity index (χ4n) is 1.77. The van der Waals surface area contributed by atoms with Gasteiger partial charge in [0.05, 0.1) is 5.69 Å². The number of nitrogens with zero attached hydrogens (tertiary/aromatic N) is 1. The Morgan fingerprint density at radius 1 is 1.23 bits per heavy atom. The van der Waals surface area contributed by atoms with E-state index in [4.69, 9.17) is 4.74 Å². The van der Waals surface area contributed by atoms with Gasteiger partial charge in [0.15, 0.2) is 17.5 Å². The van der Waals surface area contributed by atoms with E-state index in [2.05, 4.69) is 10.3 Å². The van der Waals surface area contributed by atoms with Crippen molar-refractivity contribution in [3.63, 3.8) is 0 Å². The quantitative estimate of drug-likeness (QED) is 0.829. The number of rotatable bonds is 6. The number of thiazole rings is 1. The van der Waals surface area contributed by atoms with Gasteiger partial charge < -0.3 is 4.74 Å². The van der Waals surface area contributed by atoms with Crippen LogP contribution >= 0.6 is 11.3 Å². The Hall–Kier alpha value is -2.21. The summed E-state index contributed by atoms with van der Waals surface area (Å²) < 4.78 is 5.40. The molecule has 0 saturated carbocycles. The number of amides is 1. The minimum Gasteiger partial charge on any atom is -0.484 e. The molecule has 0 bridgehead atoms. The molecule has 1 aromatic heterocycles. The van der Waals surface area contributed by atoms with Crippen LogP contribution in [0.15, 0.2) is 24.3 Å². The van der Waals surface area contributed by atoms with Crippen molar-refractivity contribution in [3.8, 4) is 5.75 Å². The van der Waals surface area contributed by atoms with Crippen molar-refractivity contribution >= 4 is 28.2 Å². The van der Waals surface area contributed by atoms with Crippen LogP contribution in [0, 0.1) is 13.8 Å². The largest absolute Gasteiger partial charge is 0.484 e. The minimum atomic E-state index is -0.262. The number of Topliss-reactive ketones (excluding diaryl/α,β-unsaturated/α-hetero) is 1. The Kier molecular flexibility index (Phi) is 5.27. The van der Waals surface area contributed by atoms with E-state index >= 15 is 0 Å². The molecule has 1 N–H and O–H groups in total. The van der Waals surface area contributed by atoms with E-state index in [0.29, 0.717) is 22.9 Å². The zero-order chi connectivity index (χ0) is 16.1. The van der Waals surface area contributed by atoms with Gasteiger partial charge in [-0.25, -0.2) is 4.98 Å². The van der Waals surface area contributed by atoms with E-state index in [-0.39, 0.29) is 18.3 Å². The molecule has 22 heavy (non-hydrogen) atoms. The van der Waals surface area contributed by atoms with Gasteiger partial charge in [-0.15, -0.1) is 11.3 Å². The van der Waals surface area contributed by atoms with Crippen molar-refractivity contribution < 1.29 is 14.3 Å². The Labute approximate surface area is 133 Å². The van der Waals surface area contributed by atoms with Crippen LogP contribution in [-0.2, 0) is 4.79 Å². The number of benzene rings is 1. The van der Waals surface area contributed by atoms with Gasteiger partial charge in [0.2, 0.25) is 0 Å². The van der Waals surface area contributed by atoms with Crippen molar-refractivity contribution in [3.05, 3.63) is 40.4 Å². The highest BCUT2D eigenvalue weighted by molar-refractivity contribution is 7.15. The van der Waals surface area contributed by atoms with Crippen LogP contribution in [0.5, 0.6) is 5.75 Å². The lowest BCUT2D eigenvalue weighted by atomic mass is 10.1. The molecule has 1 heterocycles. The van der Waals surface area contributed by atoms with Crippen LogP contribution in [-0.4, -0.2) is 23.3 Å². The van der Waals surface area contributed by atoms with Gasteiger partial charge in [-0.05, 0) is 38.1 Å². The van der Waals surface area contributed by atoms with E-state index in [9.17, 15) is 9.59 Å². The number of aryl methyl sites for hydroxylation is 2. The number of carbonyl (C=O) groups excluding carboxylic acids is 2. The van der Waals surface area contributed by atoms with Crippen LogP contribution in [0.2, 0.25) is 0 Å². The van der Waals surface area contributed by atoms with E-state index in [1.807, 2.05) is 20.8 Å². The fraction of sp³-hybridized carbons (Fsp3) is 0.312. The third kappa shape index (κ3) is 4.14. The molecule has 0 spiro atoms. The average Bonchev–Trinajstić information content (AvgIpc) is 2.82. The molecule has 0 aliphatic heterocycles. The summed E-state index contributed by atoms with van der Waals surface area (Å²) in [5.74, 6) is 0.371. The molecule has 0 saturated heterocycles. The number of aromatic nitrogens is 1. The van der Waals surface area contributed by atoms with Crippen LogP contribution in [0.25, 0.3) is 0 Å². The lowest BCUT2D eigenvalue weighted by molar-refractivity contribution is -0.118. The first kappa shape index (κ1) is 16.2. The van der Waals surface area contributed by atoms with Gasteiger partial charge in [-0.3, -0.25) is 14.9 Å². The Bertz CT molecular complexity index is 658. The van der Waals surface area contributed by atoms with Gasteiger partial charge in [-0.1, -0.05) is 6.92 Å². The predicted octanol–water partition coefficient (Wildman–Crippen LogP) is 3.37. The first-order chi connectivity index (χ1) is 10.5. The number of ketones is 1. The molecule has 6 heteroatoms. The Morgan fingerprint density at radius 2 is 1.91 bits per heavy atom. The van der Waals surface area contributed by atoms with E-state index in [1.54, 1.807) is 24.3 Å². The molecule has 5 nitrogen and oxygen atoms in total. The van der Waals surface area contributed by atoms with Crippen molar-refractivity contribution in [2.75, 3.05) is 11.9 Å². The molecular weight excluding hydrogens is 300 g/mol. The highest BCUT2D eigenvalue weighted by Gasteiger charge is 2.09. The maximum Gasteiger partial charge on any atom is 0.264 e. The van der Waals surface area contributed by atoms with Gasteiger partial charge >= 0.3 is 0 Å². The standard InChI is InChI=1S/C16H18N2O3S/c1-4-14(19)12-5-7-13(8-6-12)21-9-15(20)18-16-17-10(2)11(3)22-16/h5-8H,4,9H2,1-3H3,(H,17,18,20). The number of nitrogens with one attached hydrogen (secondary N) is 1. The molecule has 0 fully saturated rings. The second kappa shape index (κ2) is 7.17. The smallest absolute Gasteiger partial charge is 0.264 e. The summed E-state index contributed by atoms with van der Waals surface area (Å²) in [6.45, 7) is 5.58. The highest BCUT2D eigenvalue weighted by Crippen LogP contribution is 2.21. The van der Waals surface area contributed by atoms with Crippen molar-refractivity contribution in [1.82, 2.24) is 4.98 Å². The summed E-state index contributed by atoms with van der Waals surface area (Å²) >= 11 is 1.44. The van der Waals surface area contributed by atoms with E-state index < -0.39 is 0 Å². The molecule has 1 amide bonds. The Balaban J connectivity index is 1.87. The summed E-state index contributed by atoms with van der Waals surface area (Å²) in [5.41, 5.74) is 1.56. The summed E-state index contributed by atoms with van der Waals surface area (Å²) in [6, 6.07) is 6.78. The summed E-state index contributed by atoms with van der Waals surface area (Å²) in [6.07, 6.45) is 0.468. The van der Waals surface area contributed by atoms with Crippen LogP contribution in [0.1, 0.15) is 34.3 Å². The van der Waals surface area contributed by atoms with Gasteiger partial charge in [0.1, 0.15) is 5.75 Å². The number of anilines is 1. The number of hydrogen-bond acceptors (Lipinski definition) is 5. The molecule has 0 radical (unpaired) electrons. The molecule has 2 rings (SSSR count). The second-order valence-electron chi connectivity index (χ2n) is 4.80. The maximum atomic E-state index is 11.8. The molecule has 0 atom stereocenters. The minimum absolute atomic E-state index is 0.0822. The van der Waals surface area contributed by atoms with Crippen molar-refractivity contribution in [1.29, 1.82) is 0 Å². The van der Waals surface area contributed by atoms with Gasteiger partial charge in [-0.2, -0.15) is 0 Å². The molecule has 0 unspecified atom stereocenters. The predicted molar refractivity (Wildman–Crippen MR) is 86.8 cm³/mol.